The molecule has 0 saturated carbocycles. The van der Waals surface area contributed by atoms with E-state index >= 15 is 0 Å². The summed E-state index contributed by atoms with van der Waals surface area (Å²) in [6.07, 6.45) is 4.50. The van der Waals surface area contributed by atoms with E-state index in [9.17, 15) is 4.79 Å². The summed E-state index contributed by atoms with van der Waals surface area (Å²) in [5.41, 5.74) is 3.50. The van der Waals surface area contributed by atoms with Crippen molar-refractivity contribution in [1.29, 1.82) is 0 Å². The molecule has 2 heterocycles. The Labute approximate surface area is 154 Å². The minimum Gasteiger partial charge on any atom is -0.383 e. The molecular formula is C19H27N5O2. The van der Waals surface area contributed by atoms with Crippen LogP contribution >= 0.6 is 0 Å². The van der Waals surface area contributed by atoms with Crippen LogP contribution < -0.4 is 10.6 Å². The highest BCUT2D eigenvalue weighted by Gasteiger charge is 2.20. The molecule has 0 spiro atoms. The standard InChI is InChI=1S/C19H27N5O2/c1-15(23-8-7-16-5-3-4-6-17(16)13-23)11-20-19(25)22-18-12-21-24(14-18)9-10-26-2/h3-6,12,14-15H,7-11,13H2,1-2H3,(H2,20,22,25). The maximum Gasteiger partial charge on any atom is 0.319 e. The Morgan fingerprint density at radius 2 is 2.15 bits per heavy atom. The Balaban J connectivity index is 1.43. The fourth-order valence-electron chi connectivity index (χ4n) is 3.17. The molecule has 1 aliphatic heterocycles. The van der Waals surface area contributed by atoms with E-state index < -0.39 is 0 Å². The highest BCUT2D eigenvalue weighted by molar-refractivity contribution is 5.88. The number of fused-ring (bicyclic) bond motifs is 1. The third kappa shape index (κ3) is 4.83. The van der Waals surface area contributed by atoms with Crippen LogP contribution in [0, 0.1) is 0 Å². The molecule has 1 aliphatic rings. The maximum atomic E-state index is 12.1. The van der Waals surface area contributed by atoms with E-state index in [1.54, 1.807) is 24.2 Å². The predicted octanol–water partition coefficient (Wildman–Crippen LogP) is 2.10. The molecule has 1 aromatic heterocycles. The Kier molecular flexibility index (Phi) is 6.25. The summed E-state index contributed by atoms with van der Waals surface area (Å²) in [6, 6.07) is 8.65. The number of carbonyl (C=O) groups is 1. The van der Waals surface area contributed by atoms with E-state index in [4.69, 9.17) is 4.74 Å². The number of hydrogen-bond acceptors (Lipinski definition) is 4. The van der Waals surface area contributed by atoms with Crippen LogP contribution in [0.15, 0.2) is 36.7 Å². The van der Waals surface area contributed by atoms with Crippen molar-refractivity contribution in [3.05, 3.63) is 47.8 Å². The lowest BCUT2D eigenvalue weighted by atomic mass is 9.99. The number of benzene rings is 1. The number of ether oxygens (including phenoxy) is 1. The molecule has 0 fully saturated rings. The van der Waals surface area contributed by atoms with Crippen LogP contribution in [-0.4, -0.2) is 53.6 Å². The number of nitrogens with one attached hydrogen (secondary N) is 2. The topological polar surface area (TPSA) is 71.4 Å². The van der Waals surface area contributed by atoms with E-state index in [0.29, 0.717) is 25.4 Å². The average Bonchev–Trinajstić information content (AvgIpc) is 3.11. The number of urea groups is 1. The third-order valence-electron chi connectivity index (χ3n) is 4.76. The average molecular weight is 357 g/mol. The molecule has 0 aliphatic carbocycles. The second-order valence-corrected chi connectivity index (χ2v) is 6.66. The number of aromatic nitrogens is 2. The van der Waals surface area contributed by atoms with E-state index in [0.717, 1.165) is 19.5 Å². The van der Waals surface area contributed by atoms with Gasteiger partial charge in [-0.3, -0.25) is 9.58 Å². The summed E-state index contributed by atoms with van der Waals surface area (Å²) in [7, 11) is 1.65. The fourth-order valence-corrected chi connectivity index (χ4v) is 3.17. The molecule has 1 atom stereocenters. The van der Waals surface area contributed by atoms with Gasteiger partial charge in [-0.15, -0.1) is 0 Å². The monoisotopic (exact) mass is 357 g/mol. The normalized spacial score (nSPS) is 15.3. The van der Waals surface area contributed by atoms with Crippen molar-refractivity contribution in [1.82, 2.24) is 20.0 Å². The first kappa shape index (κ1) is 18.4. The molecule has 2 N–H and O–H groups in total. The SMILES string of the molecule is COCCn1cc(NC(=O)NCC(C)N2CCc3ccccc3C2)cn1. The summed E-state index contributed by atoms with van der Waals surface area (Å²) in [5, 5.41) is 9.95. The van der Waals surface area contributed by atoms with Crippen LogP contribution in [-0.2, 0) is 24.2 Å². The predicted molar refractivity (Wildman–Crippen MR) is 101 cm³/mol. The van der Waals surface area contributed by atoms with Gasteiger partial charge in [-0.1, -0.05) is 24.3 Å². The quantitative estimate of drug-likeness (QED) is 0.796. The van der Waals surface area contributed by atoms with Crippen molar-refractivity contribution in [2.24, 2.45) is 0 Å². The lowest BCUT2D eigenvalue weighted by Gasteiger charge is -2.33. The first-order valence-electron chi connectivity index (χ1n) is 9.03. The first-order valence-corrected chi connectivity index (χ1v) is 9.03. The highest BCUT2D eigenvalue weighted by Crippen LogP contribution is 2.19. The molecule has 140 valence electrons. The molecule has 7 heteroatoms. The van der Waals surface area contributed by atoms with Crippen molar-refractivity contribution >= 4 is 11.7 Å². The summed E-state index contributed by atoms with van der Waals surface area (Å²) in [5.74, 6) is 0. The van der Waals surface area contributed by atoms with Gasteiger partial charge in [0.25, 0.3) is 0 Å². The number of carbonyl (C=O) groups excluding carboxylic acids is 1. The number of methoxy groups -OCH3 is 1. The Morgan fingerprint density at radius 3 is 2.96 bits per heavy atom. The third-order valence-corrected chi connectivity index (χ3v) is 4.76. The molecule has 3 rings (SSSR count). The second-order valence-electron chi connectivity index (χ2n) is 6.66. The molecule has 1 aromatic carbocycles. The number of anilines is 1. The van der Waals surface area contributed by atoms with Gasteiger partial charge >= 0.3 is 6.03 Å². The van der Waals surface area contributed by atoms with Crippen molar-refractivity contribution in [3.8, 4) is 0 Å². The van der Waals surface area contributed by atoms with Crippen LogP contribution in [0.2, 0.25) is 0 Å². The first-order chi connectivity index (χ1) is 12.7. The number of amides is 2. The molecule has 0 saturated heterocycles. The van der Waals surface area contributed by atoms with E-state index in [-0.39, 0.29) is 12.1 Å². The fraction of sp³-hybridized carbons (Fsp3) is 0.474. The molecule has 1 unspecified atom stereocenters. The lowest BCUT2D eigenvalue weighted by molar-refractivity contribution is 0.183. The summed E-state index contributed by atoms with van der Waals surface area (Å²) in [6.45, 7) is 5.96. The molecule has 2 aromatic rings. The second kappa shape index (κ2) is 8.82. The molecule has 0 radical (unpaired) electrons. The summed E-state index contributed by atoms with van der Waals surface area (Å²) in [4.78, 5) is 14.5. The molecule has 7 nitrogen and oxygen atoms in total. The highest BCUT2D eigenvalue weighted by atomic mass is 16.5. The van der Waals surface area contributed by atoms with Gasteiger partial charge in [-0.25, -0.2) is 4.79 Å². The Bertz CT molecular complexity index is 730. The van der Waals surface area contributed by atoms with Crippen LogP contribution in [0.5, 0.6) is 0 Å². The zero-order chi connectivity index (χ0) is 18.4. The van der Waals surface area contributed by atoms with Crippen LogP contribution in [0.3, 0.4) is 0 Å². The van der Waals surface area contributed by atoms with Crippen LogP contribution in [0.4, 0.5) is 10.5 Å². The minimum absolute atomic E-state index is 0.208. The zero-order valence-electron chi connectivity index (χ0n) is 15.4. The lowest BCUT2D eigenvalue weighted by Crippen LogP contribution is -2.45. The Morgan fingerprint density at radius 1 is 1.35 bits per heavy atom. The number of hydrogen-bond donors (Lipinski definition) is 2. The van der Waals surface area contributed by atoms with Crippen LogP contribution in [0.1, 0.15) is 18.1 Å². The van der Waals surface area contributed by atoms with Gasteiger partial charge < -0.3 is 15.4 Å². The molecule has 2 amide bonds. The number of nitrogens with zero attached hydrogens (tertiary/aromatic N) is 3. The number of rotatable bonds is 7. The van der Waals surface area contributed by atoms with Gasteiger partial charge in [0.1, 0.15) is 0 Å². The van der Waals surface area contributed by atoms with Crippen molar-refractivity contribution in [2.45, 2.75) is 32.5 Å². The molecular weight excluding hydrogens is 330 g/mol. The smallest absolute Gasteiger partial charge is 0.319 e. The van der Waals surface area contributed by atoms with E-state index in [1.807, 2.05) is 0 Å². The minimum atomic E-state index is -0.208. The van der Waals surface area contributed by atoms with Crippen molar-refractivity contribution in [3.63, 3.8) is 0 Å². The van der Waals surface area contributed by atoms with Crippen molar-refractivity contribution in [2.75, 3.05) is 32.1 Å². The van der Waals surface area contributed by atoms with Gasteiger partial charge in [0.05, 0.1) is 25.0 Å². The van der Waals surface area contributed by atoms with E-state index in [2.05, 4.69) is 51.8 Å². The van der Waals surface area contributed by atoms with Gasteiger partial charge in [-0.05, 0) is 24.5 Å². The van der Waals surface area contributed by atoms with Gasteiger partial charge in [0.2, 0.25) is 0 Å². The summed E-state index contributed by atoms with van der Waals surface area (Å²) >= 11 is 0. The Hall–Kier alpha value is -2.38. The van der Waals surface area contributed by atoms with Crippen LogP contribution in [0.25, 0.3) is 0 Å². The van der Waals surface area contributed by atoms with Gasteiger partial charge in [0.15, 0.2) is 0 Å². The largest absolute Gasteiger partial charge is 0.383 e. The van der Waals surface area contributed by atoms with Gasteiger partial charge in [-0.2, -0.15) is 5.10 Å². The van der Waals surface area contributed by atoms with Gasteiger partial charge in [0, 0.05) is 39.0 Å². The van der Waals surface area contributed by atoms with Crippen molar-refractivity contribution < 1.29 is 9.53 Å². The van der Waals surface area contributed by atoms with E-state index in [1.165, 1.54) is 11.1 Å². The summed E-state index contributed by atoms with van der Waals surface area (Å²) < 4.78 is 6.76. The maximum absolute atomic E-state index is 12.1. The molecule has 26 heavy (non-hydrogen) atoms. The zero-order valence-corrected chi connectivity index (χ0v) is 15.4. The molecule has 0 bridgehead atoms.